The van der Waals surface area contributed by atoms with E-state index in [9.17, 15) is 39.2 Å². The van der Waals surface area contributed by atoms with E-state index < -0.39 is 46.7 Å². The lowest BCUT2D eigenvalue weighted by Crippen LogP contribution is -2.46. The van der Waals surface area contributed by atoms with Crippen molar-refractivity contribution in [2.75, 3.05) is 0 Å². The summed E-state index contributed by atoms with van der Waals surface area (Å²) in [6.07, 6.45) is -7.31. The molecule has 0 aliphatic rings. The normalized spacial score (nSPS) is 14.5. The van der Waals surface area contributed by atoms with Crippen LogP contribution in [0.15, 0.2) is 0 Å². The highest BCUT2D eigenvalue weighted by molar-refractivity contribution is 7.87. The Morgan fingerprint density at radius 1 is 0.714 bits per heavy atom. The molecule has 0 heterocycles. The van der Waals surface area contributed by atoms with Crippen molar-refractivity contribution < 1.29 is 43.7 Å². The molecule has 128 valence electrons. The van der Waals surface area contributed by atoms with Gasteiger partial charge in [0.15, 0.2) is 0 Å². The van der Waals surface area contributed by atoms with E-state index in [2.05, 4.69) is 0 Å². The van der Waals surface area contributed by atoms with E-state index in [1.807, 2.05) is 0 Å². The monoisotopic (exact) mass is 348 g/mol. The molecular weight excluding hydrogens is 333 g/mol. The standard InChI is InChI=1S/C10H15F7O3S/c11-8(12,10(16,17)21(18,19)20)6-4-2-1-3-5-7-9(13,14)15/h1-7H2,(H,18,19,20). The lowest BCUT2D eigenvalue weighted by molar-refractivity contribution is -0.164. The van der Waals surface area contributed by atoms with Crippen molar-refractivity contribution >= 4 is 10.1 Å². The number of alkyl halides is 7. The first-order valence-electron chi connectivity index (χ1n) is 6.00. The molecule has 0 aliphatic carbocycles. The summed E-state index contributed by atoms with van der Waals surface area (Å²) >= 11 is 0. The van der Waals surface area contributed by atoms with Gasteiger partial charge in [-0.3, -0.25) is 4.55 Å². The predicted molar refractivity (Wildman–Crippen MR) is 59.8 cm³/mol. The van der Waals surface area contributed by atoms with Crippen LogP contribution in [0.3, 0.4) is 0 Å². The Morgan fingerprint density at radius 3 is 1.48 bits per heavy atom. The molecule has 0 atom stereocenters. The van der Waals surface area contributed by atoms with Crippen molar-refractivity contribution in [3.05, 3.63) is 0 Å². The van der Waals surface area contributed by atoms with Gasteiger partial charge in [0.05, 0.1) is 0 Å². The summed E-state index contributed by atoms with van der Waals surface area (Å²) < 4.78 is 115. The van der Waals surface area contributed by atoms with E-state index in [0.29, 0.717) is 0 Å². The zero-order valence-corrected chi connectivity index (χ0v) is 11.6. The van der Waals surface area contributed by atoms with Crippen LogP contribution in [0.2, 0.25) is 0 Å². The Bertz CT molecular complexity index is 417. The third kappa shape index (κ3) is 6.81. The predicted octanol–water partition coefficient (Wildman–Crippen LogP) is 4.40. The highest BCUT2D eigenvalue weighted by atomic mass is 32.2. The summed E-state index contributed by atoms with van der Waals surface area (Å²) in [5, 5.41) is -5.59. The Morgan fingerprint density at radius 2 is 1.10 bits per heavy atom. The lowest BCUT2D eigenvalue weighted by atomic mass is 10.1. The second kappa shape index (κ2) is 7.12. The van der Waals surface area contributed by atoms with Crippen LogP contribution in [0.25, 0.3) is 0 Å². The summed E-state index contributed by atoms with van der Waals surface area (Å²) in [6, 6.07) is 0. The van der Waals surface area contributed by atoms with Gasteiger partial charge in [0, 0.05) is 12.8 Å². The van der Waals surface area contributed by atoms with Gasteiger partial charge in [0.1, 0.15) is 0 Å². The summed E-state index contributed by atoms with van der Waals surface area (Å²) in [6.45, 7) is 0. The minimum Gasteiger partial charge on any atom is -0.281 e. The molecule has 0 aliphatic heterocycles. The maximum atomic E-state index is 13.0. The van der Waals surface area contributed by atoms with Crippen LogP contribution in [-0.2, 0) is 10.1 Å². The number of halogens is 7. The van der Waals surface area contributed by atoms with E-state index >= 15 is 0 Å². The molecular formula is C10H15F7O3S. The Hall–Kier alpha value is -0.580. The molecule has 11 heteroatoms. The fraction of sp³-hybridized carbons (Fsp3) is 1.00. The minimum atomic E-state index is -6.24. The second-order valence-electron chi connectivity index (χ2n) is 4.58. The Kier molecular flexibility index (Phi) is 6.92. The second-order valence-corrected chi connectivity index (χ2v) is 6.04. The van der Waals surface area contributed by atoms with Crippen molar-refractivity contribution in [1.82, 2.24) is 0 Å². The van der Waals surface area contributed by atoms with Gasteiger partial charge in [-0.25, -0.2) is 0 Å². The zero-order valence-electron chi connectivity index (χ0n) is 10.8. The molecule has 0 aromatic rings. The molecule has 0 saturated heterocycles. The molecule has 0 radical (unpaired) electrons. The highest BCUT2D eigenvalue weighted by Crippen LogP contribution is 2.41. The van der Waals surface area contributed by atoms with Gasteiger partial charge in [-0.2, -0.15) is 39.2 Å². The lowest BCUT2D eigenvalue weighted by Gasteiger charge is -2.23. The molecule has 1 N–H and O–H groups in total. The highest BCUT2D eigenvalue weighted by Gasteiger charge is 2.64. The van der Waals surface area contributed by atoms with Gasteiger partial charge in [-0.1, -0.05) is 19.3 Å². The van der Waals surface area contributed by atoms with Crippen LogP contribution in [0.5, 0.6) is 0 Å². The molecule has 0 saturated carbocycles. The molecule has 21 heavy (non-hydrogen) atoms. The fourth-order valence-electron chi connectivity index (χ4n) is 1.54. The summed E-state index contributed by atoms with van der Waals surface area (Å²) in [5.74, 6) is -4.94. The van der Waals surface area contributed by atoms with Crippen molar-refractivity contribution in [3.8, 4) is 0 Å². The largest absolute Gasteiger partial charge is 0.431 e. The molecule has 3 nitrogen and oxygen atoms in total. The quantitative estimate of drug-likeness (QED) is 0.382. The molecule has 0 rings (SSSR count). The summed E-state index contributed by atoms with van der Waals surface area (Å²) in [5.41, 5.74) is 0. The van der Waals surface area contributed by atoms with Crippen LogP contribution in [0, 0.1) is 0 Å². The Balaban J connectivity index is 4.07. The van der Waals surface area contributed by atoms with Crippen LogP contribution < -0.4 is 0 Å². The number of rotatable bonds is 9. The van der Waals surface area contributed by atoms with Crippen LogP contribution in [0.4, 0.5) is 30.7 Å². The molecule has 0 unspecified atom stereocenters. The van der Waals surface area contributed by atoms with Gasteiger partial charge in [-0.05, 0) is 12.8 Å². The van der Waals surface area contributed by atoms with Crippen molar-refractivity contribution in [1.29, 1.82) is 0 Å². The van der Waals surface area contributed by atoms with E-state index in [-0.39, 0.29) is 25.7 Å². The average molecular weight is 348 g/mol. The van der Waals surface area contributed by atoms with Crippen LogP contribution >= 0.6 is 0 Å². The van der Waals surface area contributed by atoms with E-state index in [4.69, 9.17) is 4.55 Å². The molecule has 0 amide bonds. The fourth-order valence-corrected chi connectivity index (χ4v) is 2.02. The first-order valence-corrected chi connectivity index (χ1v) is 7.44. The summed E-state index contributed by atoms with van der Waals surface area (Å²) in [4.78, 5) is 0. The van der Waals surface area contributed by atoms with Crippen molar-refractivity contribution in [2.24, 2.45) is 0 Å². The number of hydrogen-bond acceptors (Lipinski definition) is 2. The van der Waals surface area contributed by atoms with E-state index in [1.165, 1.54) is 0 Å². The molecule has 0 aromatic heterocycles. The summed E-state index contributed by atoms with van der Waals surface area (Å²) in [7, 11) is -6.24. The Labute approximate surface area is 117 Å². The zero-order chi connectivity index (χ0) is 16.9. The third-order valence-corrected chi connectivity index (χ3v) is 3.65. The first-order chi connectivity index (χ1) is 9.21. The minimum absolute atomic E-state index is 0.0466. The van der Waals surface area contributed by atoms with Gasteiger partial charge in [0.2, 0.25) is 0 Å². The number of hydrogen-bond donors (Lipinski definition) is 1. The molecule has 0 aromatic carbocycles. The van der Waals surface area contributed by atoms with Gasteiger partial charge in [-0.15, -0.1) is 0 Å². The van der Waals surface area contributed by atoms with Gasteiger partial charge < -0.3 is 0 Å². The van der Waals surface area contributed by atoms with Crippen LogP contribution in [-0.4, -0.2) is 30.3 Å². The van der Waals surface area contributed by atoms with E-state index in [1.54, 1.807) is 0 Å². The number of unbranched alkanes of at least 4 members (excludes halogenated alkanes) is 4. The topological polar surface area (TPSA) is 54.4 Å². The SMILES string of the molecule is O=S(=O)(O)C(F)(F)C(F)(F)CCCCCCCC(F)(F)F. The van der Waals surface area contributed by atoms with Gasteiger partial charge in [0.25, 0.3) is 0 Å². The smallest absolute Gasteiger partial charge is 0.281 e. The van der Waals surface area contributed by atoms with E-state index in [0.717, 1.165) is 0 Å². The maximum Gasteiger partial charge on any atom is 0.431 e. The molecule has 0 spiro atoms. The van der Waals surface area contributed by atoms with Gasteiger partial charge >= 0.3 is 27.5 Å². The average Bonchev–Trinajstić information content (AvgIpc) is 2.24. The first kappa shape index (κ1) is 20.4. The van der Waals surface area contributed by atoms with Crippen molar-refractivity contribution in [3.63, 3.8) is 0 Å². The maximum absolute atomic E-state index is 13.0. The van der Waals surface area contributed by atoms with Crippen molar-refractivity contribution in [2.45, 2.75) is 62.3 Å². The third-order valence-electron chi connectivity index (χ3n) is 2.70. The molecule has 0 fully saturated rings. The van der Waals surface area contributed by atoms with Crippen LogP contribution in [0.1, 0.15) is 44.9 Å². The molecule has 0 bridgehead atoms.